The van der Waals surface area contributed by atoms with Gasteiger partial charge in [-0.25, -0.2) is 9.37 Å². The molecule has 3 aromatic rings. The smallest absolute Gasteiger partial charge is 0.184 e. The number of Topliss-reactive ketones (excluding diaryl/α,β-unsaturated/α-hetero) is 1. The van der Waals surface area contributed by atoms with E-state index in [1.807, 2.05) is 18.2 Å². The Kier molecular flexibility index (Phi) is 6.76. The van der Waals surface area contributed by atoms with Crippen LogP contribution in [0.4, 0.5) is 4.39 Å². The predicted molar refractivity (Wildman–Crippen MR) is 119 cm³/mol. The number of halogens is 2. The Balaban J connectivity index is 1.61. The number of carbonyl (C=O) groups is 1. The van der Waals surface area contributed by atoms with Crippen LogP contribution in [0.25, 0.3) is 10.9 Å². The van der Waals surface area contributed by atoms with E-state index in [9.17, 15) is 9.90 Å². The van der Waals surface area contributed by atoms with Gasteiger partial charge in [0.1, 0.15) is 5.69 Å². The monoisotopic (exact) mass is 439 g/mol. The van der Waals surface area contributed by atoms with E-state index in [0.717, 1.165) is 6.42 Å². The van der Waals surface area contributed by atoms with Gasteiger partial charge in [-0.3, -0.25) is 4.79 Å². The minimum Gasteiger partial charge on any atom is -0.390 e. The third-order valence-corrected chi connectivity index (χ3v) is 5.79. The second kappa shape index (κ2) is 9.69. The Labute approximate surface area is 185 Å². The van der Waals surface area contributed by atoms with Crippen LogP contribution in [-0.2, 0) is 4.74 Å². The normalized spacial score (nSPS) is 20.2. The van der Waals surface area contributed by atoms with Crippen molar-refractivity contribution in [2.45, 2.75) is 25.1 Å². The summed E-state index contributed by atoms with van der Waals surface area (Å²) < 4.78 is 20.7. The number of aliphatic hydroxyl groups excluding tert-OH is 1. The Bertz CT molecular complexity index is 1100. The number of alkyl halides is 1. The lowest BCUT2D eigenvalue weighted by molar-refractivity contribution is -0.0297. The maximum absolute atomic E-state index is 15.5. The molecule has 1 N–H and O–H groups in total. The number of fused-ring (bicyclic) bond motifs is 1. The highest BCUT2D eigenvalue weighted by molar-refractivity contribution is 6.30. The lowest BCUT2D eigenvalue weighted by Crippen LogP contribution is -2.30. The average molecular weight is 440 g/mol. The maximum atomic E-state index is 15.5. The lowest BCUT2D eigenvalue weighted by atomic mass is 9.95. The number of aliphatic hydroxyl groups is 1. The number of ketones is 1. The first kappa shape index (κ1) is 21.6. The number of benzene rings is 2. The Morgan fingerprint density at radius 1 is 1.26 bits per heavy atom. The summed E-state index contributed by atoms with van der Waals surface area (Å²) in [5.41, 5.74) is 1.67. The Hall–Kier alpha value is -2.60. The predicted octanol–water partition coefficient (Wildman–Crippen LogP) is 5.47. The number of hydrogen-bond donors (Lipinski definition) is 1. The summed E-state index contributed by atoms with van der Waals surface area (Å²) in [5.74, 6) is -0.227. The molecule has 1 aliphatic rings. The molecule has 1 aromatic heterocycles. The van der Waals surface area contributed by atoms with Gasteiger partial charge in [-0.15, -0.1) is 0 Å². The maximum Gasteiger partial charge on any atom is 0.184 e. The zero-order valence-corrected chi connectivity index (χ0v) is 17.6. The van der Waals surface area contributed by atoms with Crippen LogP contribution in [0.15, 0.2) is 66.7 Å². The molecular weight excluding hydrogens is 417 g/mol. The summed E-state index contributed by atoms with van der Waals surface area (Å²) in [6, 6.07) is 15.3. The van der Waals surface area contributed by atoms with Gasteiger partial charge in [0.25, 0.3) is 0 Å². The molecule has 2 heterocycles. The molecule has 0 saturated carbocycles. The summed E-state index contributed by atoms with van der Waals surface area (Å²) in [7, 11) is 0. The second-order valence-corrected chi connectivity index (χ2v) is 8.11. The number of carbonyl (C=O) groups excluding carboxylic acids is 1. The fourth-order valence-corrected chi connectivity index (χ4v) is 3.91. The van der Waals surface area contributed by atoms with Crippen molar-refractivity contribution in [1.29, 1.82) is 0 Å². The Morgan fingerprint density at radius 2 is 2.03 bits per heavy atom. The van der Waals surface area contributed by atoms with Gasteiger partial charge in [0, 0.05) is 34.9 Å². The fourth-order valence-electron chi connectivity index (χ4n) is 3.78. The van der Waals surface area contributed by atoms with Crippen LogP contribution in [0, 0.1) is 5.92 Å². The zero-order valence-electron chi connectivity index (χ0n) is 16.9. The topological polar surface area (TPSA) is 59.4 Å². The van der Waals surface area contributed by atoms with Crippen LogP contribution in [-0.4, -0.2) is 35.2 Å². The summed E-state index contributed by atoms with van der Waals surface area (Å²) in [6.45, 7) is 0.902. The first-order valence-corrected chi connectivity index (χ1v) is 10.7. The van der Waals surface area contributed by atoms with E-state index in [1.54, 1.807) is 48.5 Å². The quantitative estimate of drug-likeness (QED) is 0.408. The molecule has 4 rings (SSSR count). The highest BCUT2D eigenvalue weighted by Gasteiger charge is 2.22. The SMILES string of the molecule is O=C(C/C=C/C1CCOC[C@@H]1O)c1cc(C(F)c2ccc(Cl)cc2)c2ccccc2n1. The van der Waals surface area contributed by atoms with Gasteiger partial charge in [0.05, 0.1) is 18.2 Å². The number of aromatic nitrogens is 1. The van der Waals surface area contributed by atoms with Gasteiger partial charge in [-0.2, -0.15) is 0 Å². The fraction of sp³-hybridized carbons (Fsp3) is 0.280. The minimum absolute atomic E-state index is 0.0261. The van der Waals surface area contributed by atoms with E-state index in [-0.39, 0.29) is 23.8 Å². The van der Waals surface area contributed by atoms with Crippen LogP contribution in [0.3, 0.4) is 0 Å². The summed E-state index contributed by atoms with van der Waals surface area (Å²) in [6.07, 6.45) is 2.49. The van der Waals surface area contributed by atoms with Crippen molar-refractivity contribution in [2.75, 3.05) is 13.2 Å². The number of para-hydroxylation sites is 1. The molecule has 1 fully saturated rings. The number of pyridine rings is 1. The van der Waals surface area contributed by atoms with Crippen molar-refractivity contribution >= 4 is 28.3 Å². The largest absolute Gasteiger partial charge is 0.390 e. The van der Waals surface area contributed by atoms with Crippen LogP contribution >= 0.6 is 11.6 Å². The molecule has 2 aromatic carbocycles. The molecule has 0 bridgehead atoms. The first-order chi connectivity index (χ1) is 15.0. The van der Waals surface area contributed by atoms with Crippen molar-refractivity contribution < 1.29 is 19.0 Å². The van der Waals surface area contributed by atoms with E-state index in [0.29, 0.717) is 40.3 Å². The third-order valence-electron chi connectivity index (χ3n) is 5.53. The molecule has 0 spiro atoms. The van der Waals surface area contributed by atoms with Gasteiger partial charge < -0.3 is 9.84 Å². The van der Waals surface area contributed by atoms with Gasteiger partial charge in [0.15, 0.2) is 12.0 Å². The zero-order chi connectivity index (χ0) is 21.8. The van der Waals surface area contributed by atoms with Crippen LogP contribution in [0.5, 0.6) is 0 Å². The summed E-state index contributed by atoms with van der Waals surface area (Å²) >= 11 is 5.93. The molecule has 160 valence electrons. The number of rotatable bonds is 6. The van der Waals surface area contributed by atoms with Gasteiger partial charge in [-0.1, -0.05) is 54.1 Å². The van der Waals surface area contributed by atoms with Crippen molar-refractivity contribution in [2.24, 2.45) is 5.92 Å². The molecule has 1 aliphatic heterocycles. The van der Waals surface area contributed by atoms with Crippen LogP contribution in [0.1, 0.15) is 40.6 Å². The van der Waals surface area contributed by atoms with Crippen molar-refractivity contribution in [3.8, 4) is 0 Å². The standard InChI is InChI=1S/C25H23ClFNO3/c26-18-10-8-17(9-11-18)25(27)20-14-22(28-21-6-2-1-5-19(20)21)23(29)7-3-4-16-12-13-31-15-24(16)30/h1-6,8-11,14,16,24-25,30H,7,12-13,15H2/b4-3+/t16?,24-,25?/m0/s1. The number of nitrogens with zero attached hydrogens (tertiary/aromatic N) is 1. The highest BCUT2D eigenvalue weighted by atomic mass is 35.5. The molecule has 3 atom stereocenters. The van der Waals surface area contributed by atoms with E-state index >= 15 is 4.39 Å². The molecule has 1 saturated heterocycles. The molecule has 0 aliphatic carbocycles. The van der Waals surface area contributed by atoms with E-state index in [1.165, 1.54) is 0 Å². The molecule has 6 heteroatoms. The van der Waals surface area contributed by atoms with E-state index in [4.69, 9.17) is 16.3 Å². The van der Waals surface area contributed by atoms with Crippen LogP contribution in [0.2, 0.25) is 5.02 Å². The van der Waals surface area contributed by atoms with Crippen LogP contribution < -0.4 is 0 Å². The number of ether oxygens (including phenoxy) is 1. The molecule has 2 unspecified atom stereocenters. The molecule has 31 heavy (non-hydrogen) atoms. The minimum atomic E-state index is -1.41. The van der Waals surface area contributed by atoms with Crippen molar-refractivity contribution in [1.82, 2.24) is 4.98 Å². The molecule has 4 nitrogen and oxygen atoms in total. The van der Waals surface area contributed by atoms with E-state index in [2.05, 4.69) is 4.98 Å². The number of hydrogen-bond acceptors (Lipinski definition) is 4. The average Bonchev–Trinajstić information content (AvgIpc) is 2.79. The Morgan fingerprint density at radius 3 is 2.81 bits per heavy atom. The van der Waals surface area contributed by atoms with Gasteiger partial charge >= 0.3 is 0 Å². The second-order valence-electron chi connectivity index (χ2n) is 7.68. The number of allylic oxidation sites excluding steroid dienone is 1. The molecular formula is C25H23ClFNO3. The first-order valence-electron chi connectivity index (χ1n) is 10.3. The third kappa shape index (κ3) is 5.01. The van der Waals surface area contributed by atoms with Gasteiger partial charge in [-0.05, 0) is 36.2 Å². The van der Waals surface area contributed by atoms with Crippen molar-refractivity contribution in [3.05, 3.63) is 88.6 Å². The van der Waals surface area contributed by atoms with E-state index < -0.39 is 12.3 Å². The highest BCUT2D eigenvalue weighted by Crippen LogP contribution is 2.32. The van der Waals surface area contributed by atoms with Gasteiger partial charge in [0.2, 0.25) is 0 Å². The summed E-state index contributed by atoms with van der Waals surface area (Å²) in [5, 5.41) is 11.2. The van der Waals surface area contributed by atoms with Crippen molar-refractivity contribution in [3.63, 3.8) is 0 Å². The molecule has 0 amide bonds. The molecule has 0 radical (unpaired) electrons. The lowest BCUT2D eigenvalue weighted by Gasteiger charge is -2.24. The summed E-state index contributed by atoms with van der Waals surface area (Å²) in [4.78, 5) is 17.3.